The molecular formula is C13H16N4O2. The molecule has 2 atom stereocenters. The van der Waals surface area contributed by atoms with Crippen molar-refractivity contribution >= 4 is 22.8 Å². The summed E-state index contributed by atoms with van der Waals surface area (Å²) in [5, 5.41) is 0.865. The van der Waals surface area contributed by atoms with Crippen molar-refractivity contribution < 1.29 is 9.53 Å². The van der Waals surface area contributed by atoms with E-state index < -0.39 is 0 Å². The summed E-state index contributed by atoms with van der Waals surface area (Å²) in [5.74, 6) is 0.367. The number of nitrogens with two attached hydrogens (primary N) is 1. The molecule has 2 heterocycles. The van der Waals surface area contributed by atoms with Gasteiger partial charge in [-0.25, -0.2) is 9.97 Å². The second-order valence-corrected chi connectivity index (χ2v) is 4.91. The second kappa shape index (κ2) is 4.53. The highest BCUT2D eigenvalue weighted by Crippen LogP contribution is 2.37. The van der Waals surface area contributed by atoms with Crippen molar-refractivity contribution in [3.8, 4) is 0 Å². The van der Waals surface area contributed by atoms with Gasteiger partial charge >= 0.3 is 5.97 Å². The van der Waals surface area contributed by atoms with Crippen LogP contribution in [0, 0.1) is 5.92 Å². The number of fused-ring (bicyclic) bond motifs is 1. The van der Waals surface area contributed by atoms with Gasteiger partial charge in [-0.3, -0.25) is 4.79 Å². The molecule has 100 valence electrons. The molecule has 1 aliphatic rings. The Morgan fingerprint density at radius 2 is 2.32 bits per heavy atom. The smallest absolute Gasteiger partial charge is 0.308 e. The molecular weight excluding hydrogens is 244 g/mol. The quantitative estimate of drug-likeness (QED) is 0.828. The minimum Gasteiger partial charge on any atom is -0.469 e. The molecule has 6 heteroatoms. The first kappa shape index (κ1) is 12.0. The van der Waals surface area contributed by atoms with E-state index in [-0.39, 0.29) is 17.9 Å². The number of nitrogens with zero attached hydrogens (tertiary/aromatic N) is 3. The largest absolute Gasteiger partial charge is 0.469 e. The van der Waals surface area contributed by atoms with E-state index in [2.05, 4.69) is 14.5 Å². The van der Waals surface area contributed by atoms with E-state index >= 15 is 0 Å². The van der Waals surface area contributed by atoms with Gasteiger partial charge in [-0.15, -0.1) is 0 Å². The topological polar surface area (TPSA) is 83.0 Å². The van der Waals surface area contributed by atoms with E-state index in [1.165, 1.54) is 13.4 Å². The van der Waals surface area contributed by atoms with Gasteiger partial charge in [-0.1, -0.05) is 0 Å². The van der Waals surface area contributed by atoms with Crippen LogP contribution >= 0.6 is 0 Å². The molecule has 2 aromatic heterocycles. The maximum atomic E-state index is 11.6. The number of carbonyl (C=O) groups excluding carboxylic acids is 1. The van der Waals surface area contributed by atoms with Gasteiger partial charge in [-0.2, -0.15) is 0 Å². The lowest BCUT2D eigenvalue weighted by atomic mass is 10.1. The van der Waals surface area contributed by atoms with Crippen molar-refractivity contribution in [2.45, 2.75) is 25.3 Å². The van der Waals surface area contributed by atoms with Crippen LogP contribution in [0.2, 0.25) is 0 Å². The highest BCUT2D eigenvalue weighted by molar-refractivity contribution is 5.86. The predicted octanol–water partition coefficient (Wildman–Crippen LogP) is 1.53. The van der Waals surface area contributed by atoms with Gasteiger partial charge in [0.05, 0.1) is 18.4 Å². The van der Waals surface area contributed by atoms with Crippen molar-refractivity contribution in [2.75, 3.05) is 12.8 Å². The molecule has 0 unspecified atom stereocenters. The number of anilines is 1. The van der Waals surface area contributed by atoms with Crippen LogP contribution in [-0.2, 0) is 9.53 Å². The Balaban J connectivity index is 1.90. The standard InChI is InChI=1S/C13H16N4O2/c1-19-13(18)8-2-3-9(6-8)17-5-4-10-11(14)15-7-16-12(10)17/h4-5,7-9H,2-3,6H2,1H3,(H2,14,15,16)/t8-,9-/m1/s1. The third-order valence-corrected chi connectivity index (χ3v) is 3.87. The van der Waals surface area contributed by atoms with Crippen molar-refractivity contribution in [3.05, 3.63) is 18.6 Å². The normalized spacial score (nSPS) is 22.8. The number of carbonyl (C=O) groups is 1. The molecule has 1 fully saturated rings. The average Bonchev–Trinajstić information content (AvgIpc) is 3.04. The maximum Gasteiger partial charge on any atom is 0.308 e. The molecule has 1 aliphatic carbocycles. The minimum absolute atomic E-state index is 0.00775. The molecule has 0 bridgehead atoms. The first-order valence-corrected chi connectivity index (χ1v) is 6.35. The Labute approximate surface area is 110 Å². The monoisotopic (exact) mass is 260 g/mol. The second-order valence-electron chi connectivity index (χ2n) is 4.91. The molecule has 1 saturated carbocycles. The lowest BCUT2D eigenvalue weighted by Crippen LogP contribution is -2.13. The zero-order valence-corrected chi connectivity index (χ0v) is 10.7. The summed E-state index contributed by atoms with van der Waals surface area (Å²) < 4.78 is 6.91. The van der Waals surface area contributed by atoms with Crippen LogP contribution in [0.5, 0.6) is 0 Å². The van der Waals surface area contributed by atoms with Gasteiger partial charge in [0.15, 0.2) is 0 Å². The zero-order chi connectivity index (χ0) is 13.4. The summed E-state index contributed by atoms with van der Waals surface area (Å²) in [7, 11) is 1.44. The highest BCUT2D eigenvalue weighted by Gasteiger charge is 2.32. The first-order valence-electron chi connectivity index (χ1n) is 6.35. The molecule has 0 radical (unpaired) electrons. The van der Waals surface area contributed by atoms with Crippen LogP contribution in [-0.4, -0.2) is 27.6 Å². The number of ether oxygens (including phenoxy) is 1. The Hall–Kier alpha value is -2.11. The summed E-state index contributed by atoms with van der Waals surface area (Å²) in [6, 6.07) is 2.20. The molecule has 0 saturated heterocycles. The fourth-order valence-electron chi connectivity index (χ4n) is 2.88. The van der Waals surface area contributed by atoms with Crippen molar-refractivity contribution in [3.63, 3.8) is 0 Å². The summed E-state index contributed by atoms with van der Waals surface area (Å²) in [4.78, 5) is 19.8. The van der Waals surface area contributed by atoms with Crippen molar-refractivity contribution in [1.82, 2.24) is 14.5 Å². The molecule has 0 aliphatic heterocycles. The summed E-state index contributed by atoms with van der Waals surface area (Å²) in [6.45, 7) is 0. The van der Waals surface area contributed by atoms with Gasteiger partial charge in [0.1, 0.15) is 17.8 Å². The predicted molar refractivity (Wildman–Crippen MR) is 70.3 cm³/mol. The first-order chi connectivity index (χ1) is 9.20. The lowest BCUT2D eigenvalue weighted by Gasteiger charge is -2.13. The van der Waals surface area contributed by atoms with Crippen molar-refractivity contribution in [2.24, 2.45) is 5.92 Å². The van der Waals surface area contributed by atoms with Gasteiger partial charge < -0.3 is 15.0 Å². The fraction of sp³-hybridized carbons (Fsp3) is 0.462. The lowest BCUT2D eigenvalue weighted by molar-refractivity contribution is -0.145. The third-order valence-electron chi connectivity index (χ3n) is 3.87. The van der Waals surface area contributed by atoms with Crippen LogP contribution < -0.4 is 5.73 Å². The Kier molecular flexibility index (Phi) is 2.85. The Morgan fingerprint density at radius 1 is 1.47 bits per heavy atom. The molecule has 2 aromatic rings. The minimum atomic E-state index is -0.117. The third kappa shape index (κ3) is 1.93. The van der Waals surface area contributed by atoms with E-state index in [0.29, 0.717) is 5.82 Å². The average molecular weight is 260 g/mol. The molecule has 3 rings (SSSR count). The van der Waals surface area contributed by atoms with Gasteiger partial charge in [0.2, 0.25) is 0 Å². The summed E-state index contributed by atoms with van der Waals surface area (Å²) >= 11 is 0. The summed E-state index contributed by atoms with van der Waals surface area (Å²) in [6.07, 6.45) is 6.05. The Morgan fingerprint density at radius 3 is 3.11 bits per heavy atom. The zero-order valence-electron chi connectivity index (χ0n) is 10.7. The molecule has 6 nitrogen and oxygen atoms in total. The molecule has 0 spiro atoms. The maximum absolute atomic E-state index is 11.6. The van der Waals surface area contributed by atoms with E-state index in [9.17, 15) is 4.79 Å². The van der Waals surface area contributed by atoms with Crippen LogP contribution in [0.15, 0.2) is 18.6 Å². The number of rotatable bonds is 2. The van der Waals surface area contributed by atoms with E-state index in [0.717, 1.165) is 30.3 Å². The van der Waals surface area contributed by atoms with E-state index in [4.69, 9.17) is 10.5 Å². The number of methoxy groups -OCH3 is 1. The molecule has 19 heavy (non-hydrogen) atoms. The number of hydrogen-bond donors (Lipinski definition) is 1. The molecule has 0 aromatic carbocycles. The van der Waals surface area contributed by atoms with Crippen LogP contribution in [0.1, 0.15) is 25.3 Å². The van der Waals surface area contributed by atoms with E-state index in [1.807, 2.05) is 12.3 Å². The number of hydrogen-bond acceptors (Lipinski definition) is 5. The van der Waals surface area contributed by atoms with Gasteiger partial charge in [0.25, 0.3) is 0 Å². The number of esters is 1. The number of aromatic nitrogens is 3. The van der Waals surface area contributed by atoms with Crippen LogP contribution in [0.4, 0.5) is 5.82 Å². The van der Waals surface area contributed by atoms with Crippen LogP contribution in [0.25, 0.3) is 11.0 Å². The Bertz CT molecular complexity index is 622. The number of nitrogen functional groups attached to an aromatic ring is 1. The highest BCUT2D eigenvalue weighted by atomic mass is 16.5. The van der Waals surface area contributed by atoms with Gasteiger partial charge in [-0.05, 0) is 25.3 Å². The van der Waals surface area contributed by atoms with Crippen molar-refractivity contribution in [1.29, 1.82) is 0 Å². The molecule has 0 amide bonds. The fourth-order valence-corrected chi connectivity index (χ4v) is 2.88. The summed E-state index contributed by atoms with van der Waals surface area (Å²) in [5.41, 5.74) is 6.66. The molecule has 2 N–H and O–H groups in total. The van der Waals surface area contributed by atoms with E-state index in [1.54, 1.807) is 0 Å². The van der Waals surface area contributed by atoms with Gasteiger partial charge in [0, 0.05) is 12.2 Å². The SMILES string of the molecule is COC(=O)[C@@H]1CC[C@@H](n2ccc3c(N)ncnc32)C1. The van der Waals surface area contributed by atoms with Crippen LogP contribution in [0.3, 0.4) is 0 Å².